The third-order valence-corrected chi connectivity index (χ3v) is 4.91. The molecule has 28 heavy (non-hydrogen) atoms. The molecule has 144 valence electrons. The van der Waals surface area contributed by atoms with Gasteiger partial charge in [0.2, 0.25) is 0 Å². The Kier molecular flexibility index (Phi) is 5.06. The number of sulfone groups is 1. The van der Waals surface area contributed by atoms with Gasteiger partial charge < -0.3 is 10.4 Å². The second-order valence-corrected chi connectivity index (χ2v) is 7.83. The van der Waals surface area contributed by atoms with Crippen molar-refractivity contribution in [1.29, 1.82) is 0 Å². The lowest BCUT2D eigenvalue weighted by Crippen LogP contribution is -2.09. The van der Waals surface area contributed by atoms with Crippen LogP contribution in [0.25, 0.3) is 11.3 Å². The fraction of sp³-hybridized carbons (Fsp3) is 0.0556. The van der Waals surface area contributed by atoms with Crippen molar-refractivity contribution in [3.63, 3.8) is 0 Å². The first-order chi connectivity index (χ1) is 13.2. The molecule has 7 nitrogen and oxygen atoms in total. The molecule has 1 heterocycles. The summed E-state index contributed by atoms with van der Waals surface area (Å²) in [7, 11) is -3.39. The molecule has 0 saturated carbocycles. The Morgan fingerprint density at radius 1 is 1.04 bits per heavy atom. The van der Waals surface area contributed by atoms with Crippen LogP contribution in [-0.4, -0.2) is 35.9 Å². The van der Waals surface area contributed by atoms with Crippen molar-refractivity contribution >= 4 is 27.2 Å². The van der Waals surface area contributed by atoms with Crippen LogP contribution in [0.15, 0.2) is 53.4 Å². The van der Waals surface area contributed by atoms with Gasteiger partial charge >= 0.3 is 5.97 Å². The van der Waals surface area contributed by atoms with Crippen LogP contribution in [0.3, 0.4) is 0 Å². The normalized spacial score (nSPS) is 11.2. The average molecular weight is 405 g/mol. The van der Waals surface area contributed by atoms with E-state index in [1.807, 2.05) is 0 Å². The minimum atomic E-state index is -3.39. The molecule has 0 radical (unpaired) electrons. The first-order valence-electron chi connectivity index (χ1n) is 7.79. The smallest absolute Gasteiger partial charge is 0.358 e. The highest BCUT2D eigenvalue weighted by Crippen LogP contribution is 2.28. The standard InChI is InChI=1S/C18H13F2N3O4S/c1-28(26,27)11-7-5-10(6-8-11)21-15-9-14(22-23-17(15)18(24)25)16-12(19)3-2-4-13(16)20/h2-9H,1H3,(H,21,22)(H,24,25). The number of nitrogens with zero attached hydrogens (tertiary/aromatic N) is 2. The van der Waals surface area contributed by atoms with E-state index >= 15 is 0 Å². The lowest BCUT2D eigenvalue weighted by molar-refractivity contribution is 0.0690. The molecule has 2 aromatic carbocycles. The number of halogens is 2. The topological polar surface area (TPSA) is 109 Å². The van der Waals surface area contributed by atoms with Gasteiger partial charge in [-0.2, -0.15) is 0 Å². The van der Waals surface area contributed by atoms with Crippen LogP contribution in [0.5, 0.6) is 0 Å². The van der Waals surface area contributed by atoms with Crippen molar-refractivity contribution in [2.75, 3.05) is 11.6 Å². The van der Waals surface area contributed by atoms with Gasteiger partial charge in [0.15, 0.2) is 15.5 Å². The first kappa shape index (κ1) is 19.4. The predicted molar refractivity (Wildman–Crippen MR) is 97.2 cm³/mol. The molecule has 0 spiro atoms. The number of benzene rings is 2. The first-order valence-corrected chi connectivity index (χ1v) is 9.68. The number of carbonyl (C=O) groups is 1. The quantitative estimate of drug-likeness (QED) is 0.670. The second kappa shape index (κ2) is 7.31. The van der Waals surface area contributed by atoms with Crippen molar-refractivity contribution in [1.82, 2.24) is 10.2 Å². The molecule has 3 aromatic rings. The zero-order chi connectivity index (χ0) is 20.5. The van der Waals surface area contributed by atoms with E-state index in [1.165, 1.54) is 30.3 Å². The van der Waals surface area contributed by atoms with E-state index in [4.69, 9.17) is 0 Å². The Hall–Kier alpha value is -3.40. The molecule has 1 aromatic heterocycles. The number of nitrogens with one attached hydrogen (secondary N) is 1. The Morgan fingerprint density at radius 2 is 1.64 bits per heavy atom. The summed E-state index contributed by atoms with van der Waals surface area (Å²) < 4.78 is 51.1. The van der Waals surface area contributed by atoms with Gasteiger partial charge in [0.05, 0.1) is 16.1 Å². The number of carboxylic acid groups (broad SMARTS) is 1. The van der Waals surface area contributed by atoms with Crippen molar-refractivity contribution in [3.8, 4) is 11.3 Å². The zero-order valence-electron chi connectivity index (χ0n) is 14.3. The summed E-state index contributed by atoms with van der Waals surface area (Å²) >= 11 is 0. The molecule has 0 aliphatic carbocycles. The minimum absolute atomic E-state index is 0.0627. The third kappa shape index (κ3) is 3.96. The van der Waals surface area contributed by atoms with Crippen molar-refractivity contribution in [2.24, 2.45) is 0 Å². The van der Waals surface area contributed by atoms with Crippen LogP contribution in [0, 0.1) is 11.6 Å². The number of aromatic carboxylic acids is 1. The summed E-state index contributed by atoms with van der Waals surface area (Å²) in [4.78, 5) is 11.5. The highest BCUT2D eigenvalue weighted by Gasteiger charge is 2.19. The molecule has 0 saturated heterocycles. The Labute approximate surface area is 158 Å². The molecular formula is C18H13F2N3O4S. The number of anilines is 2. The van der Waals surface area contributed by atoms with E-state index in [-0.39, 0.29) is 16.3 Å². The minimum Gasteiger partial charge on any atom is -0.476 e. The van der Waals surface area contributed by atoms with E-state index < -0.39 is 38.7 Å². The number of hydrogen-bond donors (Lipinski definition) is 2. The van der Waals surface area contributed by atoms with Crippen LogP contribution in [0.4, 0.5) is 20.2 Å². The highest BCUT2D eigenvalue weighted by molar-refractivity contribution is 7.90. The molecule has 0 unspecified atom stereocenters. The monoisotopic (exact) mass is 405 g/mol. The van der Waals surface area contributed by atoms with Gasteiger partial charge in [0.25, 0.3) is 0 Å². The maximum atomic E-state index is 14.0. The summed E-state index contributed by atoms with van der Waals surface area (Å²) in [6.07, 6.45) is 1.06. The van der Waals surface area contributed by atoms with E-state index in [1.54, 1.807) is 0 Å². The molecule has 0 atom stereocenters. The molecule has 0 bridgehead atoms. The van der Waals surface area contributed by atoms with Gasteiger partial charge in [0, 0.05) is 11.9 Å². The van der Waals surface area contributed by atoms with Crippen molar-refractivity contribution in [2.45, 2.75) is 4.90 Å². The molecule has 3 rings (SSSR count). The van der Waals surface area contributed by atoms with E-state index in [2.05, 4.69) is 15.5 Å². The number of hydrogen-bond acceptors (Lipinski definition) is 6. The summed E-state index contributed by atoms with van der Waals surface area (Å²) in [6.45, 7) is 0. The lowest BCUT2D eigenvalue weighted by atomic mass is 10.1. The number of aromatic nitrogens is 2. The maximum absolute atomic E-state index is 14.0. The van der Waals surface area contributed by atoms with Gasteiger partial charge in [-0.25, -0.2) is 22.0 Å². The predicted octanol–water partition coefficient (Wildman–Crippen LogP) is 3.27. The van der Waals surface area contributed by atoms with E-state index in [0.717, 1.165) is 24.5 Å². The van der Waals surface area contributed by atoms with Gasteiger partial charge in [0.1, 0.15) is 17.3 Å². The Morgan fingerprint density at radius 3 is 2.18 bits per heavy atom. The Bertz CT molecular complexity index is 1150. The van der Waals surface area contributed by atoms with Gasteiger partial charge in [-0.15, -0.1) is 10.2 Å². The average Bonchev–Trinajstić information content (AvgIpc) is 2.61. The van der Waals surface area contributed by atoms with E-state index in [9.17, 15) is 27.1 Å². The van der Waals surface area contributed by atoms with Crippen LogP contribution in [0.1, 0.15) is 10.5 Å². The molecule has 0 fully saturated rings. The molecule has 0 aliphatic rings. The summed E-state index contributed by atoms with van der Waals surface area (Å²) in [5.41, 5.74) is -0.818. The molecule has 2 N–H and O–H groups in total. The molecule has 0 amide bonds. The third-order valence-electron chi connectivity index (χ3n) is 3.78. The van der Waals surface area contributed by atoms with Crippen LogP contribution >= 0.6 is 0 Å². The van der Waals surface area contributed by atoms with Gasteiger partial charge in [-0.1, -0.05) is 6.07 Å². The Balaban J connectivity index is 2.05. The number of carboxylic acids is 1. The SMILES string of the molecule is CS(=O)(=O)c1ccc(Nc2cc(-c3c(F)cccc3F)nnc2C(=O)O)cc1. The fourth-order valence-corrected chi connectivity index (χ4v) is 3.08. The van der Waals surface area contributed by atoms with Gasteiger partial charge in [-0.05, 0) is 42.5 Å². The fourth-order valence-electron chi connectivity index (χ4n) is 2.45. The van der Waals surface area contributed by atoms with Crippen LogP contribution in [-0.2, 0) is 9.84 Å². The van der Waals surface area contributed by atoms with E-state index in [0.29, 0.717) is 5.69 Å². The molecular weight excluding hydrogens is 392 g/mol. The maximum Gasteiger partial charge on any atom is 0.358 e. The summed E-state index contributed by atoms with van der Waals surface area (Å²) in [5.74, 6) is -3.15. The van der Waals surface area contributed by atoms with Crippen LogP contribution in [0.2, 0.25) is 0 Å². The molecule has 10 heteroatoms. The largest absolute Gasteiger partial charge is 0.476 e. The highest BCUT2D eigenvalue weighted by atomic mass is 32.2. The summed E-state index contributed by atoms with van der Waals surface area (Å²) in [5, 5.41) is 19.2. The van der Waals surface area contributed by atoms with Crippen molar-refractivity contribution in [3.05, 3.63) is 65.9 Å². The zero-order valence-corrected chi connectivity index (χ0v) is 15.2. The van der Waals surface area contributed by atoms with Gasteiger partial charge in [-0.3, -0.25) is 0 Å². The lowest BCUT2D eigenvalue weighted by Gasteiger charge is -2.11. The second-order valence-electron chi connectivity index (χ2n) is 5.82. The number of rotatable bonds is 5. The van der Waals surface area contributed by atoms with Crippen LogP contribution < -0.4 is 5.32 Å². The summed E-state index contributed by atoms with van der Waals surface area (Å²) in [6, 6.07) is 9.95. The molecule has 0 aliphatic heterocycles. The van der Waals surface area contributed by atoms with Crippen molar-refractivity contribution < 1.29 is 27.1 Å².